The smallest absolute Gasteiger partial charge is 0.358 e. The molecule has 0 atom stereocenters. The fourth-order valence-corrected chi connectivity index (χ4v) is 0. The zero-order valence-electron chi connectivity index (χ0n) is 6.46. The molecular formula is C3H9Y6. The van der Waals surface area contributed by atoms with E-state index in [-0.39, 0.29) is 219 Å². The van der Waals surface area contributed by atoms with Crippen LogP contribution in [0.3, 0.4) is 0 Å². The van der Waals surface area contributed by atoms with E-state index in [2.05, 4.69) is 0 Å². The molecule has 6 heteroatoms. The normalized spacial score (nSPS) is 0. The van der Waals surface area contributed by atoms with Crippen molar-refractivity contribution in [3.8, 4) is 0 Å². The van der Waals surface area contributed by atoms with Crippen molar-refractivity contribution in [3.05, 3.63) is 22.3 Å². The molecule has 0 spiro atoms. The molecule has 0 N–H and O–H groups in total. The number of rotatable bonds is 0. The number of hydrogen-bond acceptors (Lipinski definition) is 0. The first-order valence-corrected chi connectivity index (χ1v) is 0. The monoisotopic (exact) mass is 579 g/mol. The maximum Gasteiger partial charge on any atom is 3.00 e. The molecule has 0 aliphatic rings. The molecular weight excluding hydrogens is 569 g/mol. The van der Waals surface area contributed by atoms with Gasteiger partial charge < -0.3 is 22.3 Å². The van der Waals surface area contributed by atoms with Crippen molar-refractivity contribution in [1.29, 1.82) is 0 Å². The van der Waals surface area contributed by atoms with Crippen molar-refractivity contribution >= 4 is 0 Å². The fraction of sp³-hybridized carbons (Fsp3) is 0. The maximum absolute atomic E-state index is 0. The van der Waals surface area contributed by atoms with Gasteiger partial charge >= 0.3 is 32.7 Å². The second-order valence-corrected chi connectivity index (χ2v) is 0. The van der Waals surface area contributed by atoms with E-state index in [1.807, 2.05) is 0 Å². The van der Waals surface area contributed by atoms with Crippen LogP contribution >= 0.6 is 0 Å². The summed E-state index contributed by atoms with van der Waals surface area (Å²) in [6, 6.07) is 0. The van der Waals surface area contributed by atoms with Crippen molar-refractivity contribution in [2.24, 2.45) is 0 Å². The van der Waals surface area contributed by atoms with E-state index in [0.717, 1.165) is 0 Å². The Bertz CT molecular complexity index is 8.26. The number of hydrogen-bond donors (Lipinski definition) is 0. The van der Waals surface area contributed by atoms with Crippen LogP contribution in [0.2, 0.25) is 0 Å². The van der Waals surface area contributed by atoms with Crippen LogP contribution < -0.4 is 0 Å². The quantitative estimate of drug-likeness (QED) is 0.381. The summed E-state index contributed by atoms with van der Waals surface area (Å²) in [6.07, 6.45) is 0. The summed E-state index contributed by atoms with van der Waals surface area (Å²) in [6.45, 7) is 0. The predicted molar refractivity (Wildman–Crippen MR) is 19.2 cm³/mol. The molecule has 0 heterocycles. The van der Waals surface area contributed by atoms with Gasteiger partial charge in [0.1, 0.15) is 0 Å². The Morgan fingerprint density at radius 2 is 0.333 bits per heavy atom. The van der Waals surface area contributed by atoms with Crippen molar-refractivity contribution < 1.29 is 196 Å². The first-order valence-electron chi connectivity index (χ1n) is 0. The average molecular weight is 579 g/mol. The minimum absolute atomic E-state index is 0. The molecule has 0 aliphatic carbocycles. The van der Waals surface area contributed by atoms with Gasteiger partial charge in [-0.25, -0.2) is 0 Å². The molecule has 9 heavy (non-hydrogen) atoms. The van der Waals surface area contributed by atoms with Crippen molar-refractivity contribution in [2.45, 2.75) is 0 Å². The largest absolute Gasteiger partial charge is 3.00 e. The molecule has 0 saturated carbocycles. The van der Waals surface area contributed by atoms with E-state index in [9.17, 15) is 0 Å². The second-order valence-electron chi connectivity index (χ2n) is 0. The molecule has 0 fully saturated rings. The Hall–Kier alpha value is 6.62. The molecule has 0 aromatic heterocycles. The molecule has 39 valence electrons. The molecule has 0 nitrogen and oxygen atoms in total. The van der Waals surface area contributed by atoms with Gasteiger partial charge in [-0.2, -0.15) is 0 Å². The van der Waals surface area contributed by atoms with Crippen LogP contribution in [0, 0.1) is 22.3 Å². The first-order chi connectivity index (χ1) is 0. The molecule has 0 unspecified atom stereocenters. The van der Waals surface area contributed by atoms with Gasteiger partial charge in [-0.15, -0.1) is 0 Å². The van der Waals surface area contributed by atoms with Gasteiger partial charge in [-0.05, 0) is 0 Å². The van der Waals surface area contributed by atoms with E-state index >= 15 is 0 Å². The van der Waals surface area contributed by atoms with Crippen molar-refractivity contribution in [3.63, 3.8) is 0 Å². The van der Waals surface area contributed by atoms with Crippen LogP contribution in [-0.4, -0.2) is 0 Å². The summed E-state index contributed by atoms with van der Waals surface area (Å²) in [5.41, 5.74) is 0. The van der Waals surface area contributed by atoms with Crippen LogP contribution in [0.4, 0.5) is 0 Å². The third-order valence-corrected chi connectivity index (χ3v) is 0. The molecule has 0 aromatic carbocycles. The average Bonchev–Trinajstić information content (AvgIpc) is 0. The van der Waals surface area contributed by atoms with Crippen LogP contribution in [0.1, 0.15) is 0 Å². The molecule has 0 aromatic rings. The zero-order valence-corrected chi connectivity index (χ0v) is 23.5. The Labute approximate surface area is 212 Å². The Balaban J connectivity index is 0. The molecule has 0 rings (SSSR count). The van der Waals surface area contributed by atoms with Crippen molar-refractivity contribution in [1.82, 2.24) is 0 Å². The SMILES string of the molecule is [CH3-].[CH3-].[CH3-].[Y+3].[Y].[Y].[Y].[Y].[Y]. The van der Waals surface area contributed by atoms with E-state index < -0.39 is 0 Å². The Morgan fingerprint density at radius 1 is 0.333 bits per heavy atom. The van der Waals surface area contributed by atoms with Gasteiger partial charge in [0.2, 0.25) is 0 Å². The molecule has 5 radical (unpaired) electrons. The molecule has 0 aliphatic heterocycles. The van der Waals surface area contributed by atoms with E-state index in [4.69, 9.17) is 0 Å². The van der Waals surface area contributed by atoms with E-state index in [1.54, 1.807) is 0 Å². The topological polar surface area (TPSA) is 0 Å². The third-order valence-electron chi connectivity index (χ3n) is 0. The summed E-state index contributed by atoms with van der Waals surface area (Å²) < 4.78 is 0. The van der Waals surface area contributed by atoms with Crippen LogP contribution in [0.15, 0.2) is 0 Å². The van der Waals surface area contributed by atoms with Crippen molar-refractivity contribution in [2.75, 3.05) is 0 Å². The van der Waals surface area contributed by atoms with Gasteiger partial charge in [0.15, 0.2) is 0 Å². The fourth-order valence-electron chi connectivity index (χ4n) is 0. The molecule has 0 amide bonds. The van der Waals surface area contributed by atoms with Gasteiger partial charge in [-0.3, -0.25) is 0 Å². The summed E-state index contributed by atoms with van der Waals surface area (Å²) in [5.74, 6) is 0. The van der Waals surface area contributed by atoms with E-state index in [1.165, 1.54) is 0 Å². The van der Waals surface area contributed by atoms with Gasteiger partial charge in [0.05, 0.1) is 0 Å². The standard InChI is InChI=1S/3CH3.6Y/h3*1H3;;;;;;/q3*-1;;;;;;+3. The summed E-state index contributed by atoms with van der Waals surface area (Å²) in [7, 11) is 0. The Morgan fingerprint density at radius 3 is 0.333 bits per heavy atom. The van der Waals surface area contributed by atoms with Gasteiger partial charge in [-0.1, -0.05) is 0 Å². The summed E-state index contributed by atoms with van der Waals surface area (Å²) in [5, 5.41) is 0. The predicted octanol–water partition coefficient (Wildman–Crippen LogP) is 1.34. The Kier molecular flexibility index (Phi) is 524. The minimum Gasteiger partial charge on any atom is -0.358 e. The van der Waals surface area contributed by atoms with Gasteiger partial charge in [0.25, 0.3) is 0 Å². The maximum atomic E-state index is 0. The van der Waals surface area contributed by atoms with E-state index in [0.29, 0.717) is 0 Å². The molecule has 0 bridgehead atoms. The molecule has 0 saturated heterocycles. The third kappa shape index (κ3) is 53.1. The summed E-state index contributed by atoms with van der Waals surface area (Å²) in [4.78, 5) is 0. The first kappa shape index (κ1) is 76.2. The summed E-state index contributed by atoms with van der Waals surface area (Å²) >= 11 is 0. The zero-order chi connectivity index (χ0) is 0. The minimum atomic E-state index is 0. The van der Waals surface area contributed by atoms with Gasteiger partial charge in [0, 0.05) is 164 Å². The van der Waals surface area contributed by atoms with Crippen LogP contribution in [-0.2, 0) is 196 Å². The van der Waals surface area contributed by atoms with Crippen LogP contribution in [0.5, 0.6) is 0 Å². The van der Waals surface area contributed by atoms with Crippen LogP contribution in [0.25, 0.3) is 0 Å². The second kappa shape index (κ2) is 61.9.